The van der Waals surface area contributed by atoms with Gasteiger partial charge in [-0.25, -0.2) is 8.78 Å². The third kappa shape index (κ3) is 3.20. The number of carbonyl (C=O) groups is 1. The van der Waals surface area contributed by atoms with Crippen molar-refractivity contribution >= 4 is 23.2 Å². The molecule has 0 fully saturated rings. The first kappa shape index (κ1) is 17.5. The van der Waals surface area contributed by atoms with Crippen LogP contribution in [0.15, 0.2) is 18.2 Å². The highest BCUT2D eigenvalue weighted by atomic mass is 35.5. The molecular weight excluding hydrogens is 338 g/mol. The Kier molecular flexibility index (Phi) is 4.42. The Hall–Kier alpha value is -1.58. The van der Waals surface area contributed by atoms with Crippen LogP contribution in [-0.4, -0.2) is 23.9 Å². The predicted molar refractivity (Wildman–Crippen MR) is 56.0 cm³/mol. The van der Waals surface area contributed by atoms with Crippen LogP contribution in [0.25, 0.3) is 0 Å². The highest BCUT2D eigenvalue weighted by Crippen LogP contribution is 2.46. The monoisotopic (exact) mass is 341 g/mol. The van der Waals surface area contributed by atoms with Gasteiger partial charge in [0.05, 0.1) is 5.02 Å². The first-order chi connectivity index (χ1) is 9.30. The molecule has 1 amide bonds. The number of alkyl halides is 7. The zero-order valence-electron chi connectivity index (χ0n) is 9.54. The minimum absolute atomic E-state index is 0.530. The molecule has 1 aromatic carbocycles. The van der Waals surface area contributed by atoms with Gasteiger partial charge in [0.25, 0.3) is 5.91 Å². The van der Waals surface area contributed by atoms with Crippen LogP contribution in [-0.2, 0) is 4.79 Å². The lowest BCUT2D eigenvalue weighted by molar-refractivity contribution is -0.324. The zero-order valence-corrected chi connectivity index (χ0v) is 10.3. The number of rotatable bonds is 2. The first-order valence-electron chi connectivity index (χ1n) is 4.89. The lowest BCUT2D eigenvalue weighted by Crippen LogP contribution is -2.60. The molecule has 0 spiro atoms. The fraction of sp³-hybridized carbons (Fsp3) is 0.300. The van der Waals surface area contributed by atoms with Crippen LogP contribution in [0.5, 0.6) is 0 Å². The Morgan fingerprint density at radius 1 is 1.00 bits per heavy atom. The van der Waals surface area contributed by atoms with E-state index in [1.165, 1.54) is 0 Å². The molecule has 1 rings (SSSR count). The third-order valence-corrected chi connectivity index (χ3v) is 2.56. The molecule has 0 radical (unpaired) electrons. The molecule has 2 nitrogen and oxygen atoms in total. The molecule has 0 aliphatic carbocycles. The molecule has 0 heterocycles. The van der Waals surface area contributed by atoms with Crippen molar-refractivity contribution in [1.29, 1.82) is 0 Å². The van der Waals surface area contributed by atoms with Crippen LogP contribution in [0.1, 0.15) is 0 Å². The van der Waals surface area contributed by atoms with Crippen LogP contribution in [0.3, 0.4) is 0 Å². The van der Waals surface area contributed by atoms with E-state index in [1.54, 1.807) is 0 Å². The van der Waals surface area contributed by atoms with Crippen molar-refractivity contribution in [1.82, 2.24) is 0 Å². The quantitative estimate of drug-likeness (QED) is 0.801. The number of hydrogen-bond donors (Lipinski definition) is 1. The summed E-state index contributed by atoms with van der Waals surface area (Å²) in [5.41, 5.74) is -6.84. The SMILES string of the molecule is O=C(Nc1ccc(F)c(Cl)c1)C(F)(C(F)(F)F)C(F)(F)F. The summed E-state index contributed by atoms with van der Waals surface area (Å²) >= 11 is 5.23. The van der Waals surface area contributed by atoms with Gasteiger partial charge in [0.2, 0.25) is 0 Å². The summed E-state index contributed by atoms with van der Waals surface area (Å²) in [5.74, 6) is -4.04. The molecule has 0 unspecified atom stereocenters. The van der Waals surface area contributed by atoms with Crippen molar-refractivity contribution < 1.29 is 39.9 Å². The van der Waals surface area contributed by atoms with E-state index in [1.807, 2.05) is 0 Å². The van der Waals surface area contributed by atoms with Gasteiger partial charge >= 0.3 is 18.0 Å². The Bertz CT molecular complexity index is 539. The standard InChI is InChI=1S/C10H4ClF8NO/c11-5-3-4(1-2-6(5)12)20-7(21)8(13,9(14,15)16)10(17,18)19/h1-3H,(H,20,21). The average molecular weight is 342 g/mol. The van der Waals surface area contributed by atoms with E-state index in [2.05, 4.69) is 0 Å². The maximum absolute atomic E-state index is 13.3. The van der Waals surface area contributed by atoms with Crippen molar-refractivity contribution in [3.05, 3.63) is 29.0 Å². The Morgan fingerprint density at radius 2 is 1.48 bits per heavy atom. The average Bonchev–Trinajstić information content (AvgIpc) is 2.29. The molecule has 0 bridgehead atoms. The van der Waals surface area contributed by atoms with Gasteiger partial charge in [0.15, 0.2) is 0 Å². The smallest absolute Gasteiger partial charge is 0.323 e. The van der Waals surface area contributed by atoms with Crippen molar-refractivity contribution in [2.24, 2.45) is 0 Å². The van der Waals surface area contributed by atoms with E-state index in [4.69, 9.17) is 11.6 Å². The molecule has 118 valence electrons. The lowest BCUT2D eigenvalue weighted by atomic mass is 10.0. The molecule has 0 saturated carbocycles. The normalized spacial score (nSPS) is 13.2. The van der Waals surface area contributed by atoms with Crippen LogP contribution in [0, 0.1) is 5.82 Å². The fourth-order valence-electron chi connectivity index (χ4n) is 1.21. The second-order valence-corrected chi connectivity index (χ2v) is 4.14. The van der Waals surface area contributed by atoms with Gasteiger partial charge in [0.1, 0.15) is 5.82 Å². The van der Waals surface area contributed by atoms with Crippen LogP contribution >= 0.6 is 11.6 Å². The Morgan fingerprint density at radius 3 is 1.86 bits per heavy atom. The van der Waals surface area contributed by atoms with E-state index in [9.17, 15) is 39.9 Å². The Labute approximate surface area is 116 Å². The molecule has 1 aromatic rings. The molecular formula is C10H4ClF8NO. The molecule has 21 heavy (non-hydrogen) atoms. The van der Waals surface area contributed by atoms with E-state index in [-0.39, 0.29) is 0 Å². The minimum Gasteiger partial charge on any atom is -0.323 e. The van der Waals surface area contributed by atoms with Crippen LogP contribution in [0.4, 0.5) is 40.8 Å². The lowest BCUT2D eigenvalue weighted by Gasteiger charge is -2.28. The topological polar surface area (TPSA) is 29.1 Å². The fourth-order valence-corrected chi connectivity index (χ4v) is 1.39. The summed E-state index contributed by atoms with van der Waals surface area (Å²) in [4.78, 5) is 11.1. The number of carbonyl (C=O) groups excluding carboxylic acids is 1. The first-order valence-corrected chi connectivity index (χ1v) is 5.27. The van der Waals surface area contributed by atoms with Gasteiger partial charge in [-0.3, -0.25) is 4.79 Å². The summed E-state index contributed by atoms with van der Waals surface area (Å²) in [7, 11) is 0. The van der Waals surface area contributed by atoms with Crippen molar-refractivity contribution in [2.75, 3.05) is 5.32 Å². The van der Waals surface area contributed by atoms with Gasteiger partial charge in [-0.15, -0.1) is 0 Å². The summed E-state index contributed by atoms with van der Waals surface area (Å²) < 4.78 is 99.6. The molecule has 0 atom stereocenters. The number of amides is 1. The summed E-state index contributed by atoms with van der Waals surface area (Å²) in [6.07, 6.45) is -13.1. The van der Waals surface area contributed by atoms with Gasteiger partial charge in [-0.1, -0.05) is 11.6 Å². The number of hydrogen-bond acceptors (Lipinski definition) is 1. The highest BCUT2D eigenvalue weighted by Gasteiger charge is 2.77. The maximum atomic E-state index is 13.3. The second kappa shape index (κ2) is 5.32. The van der Waals surface area contributed by atoms with E-state index in [0.29, 0.717) is 18.2 Å². The summed E-state index contributed by atoms with van der Waals surface area (Å²) in [6, 6.07) is 1.72. The van der Waals surface area contributed by atoms with Gasteiger partial charge in [-0.2, -0.15) is 26.3 Å². The summed E-state index contributed by atoms with van der Waals surface area (Å²) in [6.45, 7) is 0. The second-order valence-electron chi connectivity index (χ2n) is 3.74. The predicted octanol–water partition coefficient (Wildman–Crippen LogP) is 4.25. The van der Waals surface area contributed by atoms with E-state index < -0.39 is 40.5 Å². The number of nitrogens with one attached hydrogen (secondary N) is 1. The van der Waals surface area contributed by atoms with Gasteiger partial charge in [-0.05, 0) is 18.2 Å². The maximum Gasteiger partial charge on any atom is 0.441 e. The van der Waals surface area contributed by atoms with Crippen LogP contribution < -0.4 is 5.32 Å². The third-order valence-electron chi connectivity index (χ3n) is 2.27. The molecule has 1 N–H and O–H groups in total. The number of benzene rings is 1. The van der Waals surface area contributed by atoms with E-state index in [0.717, 1.165) is 5.32 Å². The molecule has 11 heteroatoms. The Balaban J connectivity index is 3.17. The van der Waals surface area contributed by atoms with Crippen molar-refractivity contribution in [2.45, 2.75) is 18.0 Å². The zero-order chi connectivity index (χ0) is 16.6. The molecule has 0 aliphatic heterocycles. The molecule has 0 saturated heterocycles. The van der Waals surface area contributed by atoms with Crippen LogP contribution in [0.2, 0.25) is 5.02 Å². The number of halogens is 9. The number of anilines is 1. The largest absolute Gasteiger partial charge is 0.441 e. The highest BCUT2D eigenvalue weighted by molar-refractivity contribution is 6.31. The van der Waals surface area contributed by atoms with Gasteiger partial charge in [0, 0.05) is 5.69 Å². The van der Waals surface area contributed by atoms with Gasteiger partial charge < -0.3 is 5.32 Å². The van der Waals surface area contributed by atoms with Crippen molar-refractivity contribution in [3.8, 4) is 0 Å². The molecule has 0 aliphatic rings. The van der Waals surface area contributed by atoms with Crippen molar-refractivity contribution in [3.63, 3.8) is 0 Å². The summed E-state index contributed by atoms with van der Waals surface area (Å²) in [5, 5.41) is 0.375. The van der Waals surface area contributed by atoms with E-state index >= 15 is 0 Å². The molecule has 0 aromatic heterocycles. The minimum atomic E-state index is -6.53.